The lowest BCUT2D eigenvalue weighted by atomic mass is 9.86. The van der Waals surface area contributed by atoms with Crippen LogP contribution in [0.3, 0.4) is 0 Å². The summed E-state index contributed by atoms with van der Waals surface area (Å²) in [6, 6.07) is 6.96. The van der Waals surface area contributed by atoms with Crippen LogP contribution in [-0.4, -0.2) is 15.0 Å². The summed E-state index contributed by atoms with van der Waals surface area (Å²) < 4.78 is 20.5. The number of hydrogen-bond donors (Lipinski definition) is 1. The topological polar surface area (TPSA) is 54.4 Å². The van der Waals surface area contributed by atoms with Crippen LogP contribution in [0.4, 0.5) is 0 Å². The van der Waals surface area contributed by atoms with Gasteiger partial charge in [-0.3, -0.25) is 0 Å². The number of hydrogen-bond acceptors (Lipinski definition) is 2. The first-order chi connectivity index (χ1) is 8.24. The number of benzene rings is 1. The first-order valence-corrected chi connectivity index (χ1v) is 6.99. The van der Waals surface area contributed by atoms with E-state index >= 15 is 0 Å². The number of carbonyl (C=O) groups excluding carboxylic acids is 1. The number of carbonyl (C=O) groups is 1. The molecule has 3 nitrogen and oxygen atoms in total. The maximum Gasteiger partial charge on any atom is 0.186 e. The molecule has 4 heteroatoms. The van der Waals surface area contributed by atoms with Gasteiger partial charge in [-0.1, -0.05) is 31.0 Å². The normalized spacial score (nSPS) is 20.1. The lowest BCUT2D eigenvalue weighted by molar-refractivity contribution is -0.110. The number of rotatable bonds is 4. The van der Waals surface area contributed by atoms with E-state index in [9.17, 15) is 13.6 Å². The highest BCUT2D eigenvalue weighted by Crippen LogP contribution is 2.37. The van der Waals surface area contributed by atoms with Gasteiger partial charge in [-0.15, -0.1) is 0 Å². The lowest BCUT2D eigenvalue weighted by Crippen LogP contribution is -2.13. The van der Waals surface area contributed by atoms with Crippen LogP contribution in [0.15, 0.2) is 29.2 Å². The zero-order chi connectivity index (χ0) is 12.3. The molecule has 0 aliphatic heterocycles. The van der Waals surface area contributed by atoms with Crippen molar-refractivity contribution in [1.82, 2.24) is 0 Å². The fourth-order valence-electron chi connectivity index (χ4n) is 2.67. The molecule has 1 fully saturated rings. The Hall–Kier alpha value is -1.00. The monoisotopic (exact) mass is 252 g/mol. The van der Waals surface area contributed by atoms with Crippen molar-refractivity contribution in [2.75, 3.05) is 0 Å². The summed E-state index contributed by atoms with van der Waals surface area (Å²) in [4.78, 5) is 11.7. The third-order valence-electron chi connectivity index (χ3n) is 3.52. The molecule has 0 saturated heterocycles. The van der Waals surface area contributed by atoms with Crippen LogP contribution in [-0.2, 0) is 15.9 Å². The molecule has 17 heavy (non-hydrogen) atoms. The Labute approximate surface area is 104 Å². The summed E-state index contributed by atoms with van der Waals surface area (Å²) in [5.74, 6) is 0.0991. The van der Waals surface area contributed by atoms with Gasteiger partial charge in [-0.25, -0.2) is 4.21 Å². The van der Waals surface area contributed by atoms with Gasteiger partial charge in [-0.2, -0.15) is 0 Å². The maximum absolute atomic E-state index is 11.3. The molecular weight excluding hydrogens is 236 g/mol. The summed E-state index contributed by atoms with van der Waals surface area (Å²) in [7, 11) is 0. The van der Waals surface area contributed by atoms with Crippen LogP contribution >= 0.6 is 0 Å². The summed E-state index contributed by atoms with van der Waals surface area (Å²) in [6.07, 6.45) is 5.31. The standard InChI is InChI=1S/C13H16O3S/c14-9-12(10-5-1-2-6-10)11-7-3-4-8-13(11)17(15)16/h3-4,7-10,12H,1-2,5-6H2,(H,15,16). The van der Waals surface area contributed by atoms with Gasteiger partial charge < -0.3 is 9.35 Å². The Bertz CT molecular complexity index is 424. The molecule has 0 aromatic heterocycles. The minimum atomic E-state index is -2.02. The first-order valence-electron chi connectivity index (χ1n) is 5.89. The van der Waals surface area contributed by atoms with E-state index < -0.39 is 11.1 Å². The van der Waals surface area contributed by atoms with Crippen molar-refractivity contribution in [3.05, 3.63) is 29.8 Å². The largest absolute Gasteiger partial charge is 0.303 e. The van der Waals surface area contributed by atoms with E-state index in [-0.39, 0.29) is 5.92 Å². The molecule has 1 aliphatic carbocycles. The molecule has 1 N–H and O–H groups in total. The van der Waals surface area contributed by atoms with Gasteiger partial charge in [0.25, 0.3) is 0 Å². The van der Waals surface area contributed by atoms with Gasteiger partial charge in [0.1, 0.15) is 6.29 Å². The van der Waals surface area contributed by atoms with Gasteiger partial charge in [0.05, 0.1) is 4.90 Å². The minimum Gasteiger partial charge on any atom is -0.303 e. The van der Waals surface area contributed by atoms with E-state index in [1.807, 2.05) is 6.07 Å². The Morgan fingerprint density at radius 1 is 1.29 bits per heavy atom. The van der Waals surface area contributed by atoms with Crippen LogP contribution in [0.5, 0.6) is 0 Å². The van der Waals surface area contributed by atoms with Crippen molar-refractivity contribution in [2.24, 2.45) is 5.92 Å². The summed E-state index contributed by atoms with van der Waals surface area (Å²) in [6.45, 7) is 0. The molecule has 1 saturated carbocycles. The van der Waals surface area contributed by atoms with Gasteiger partial charge in [0, 0.05) is 5.92 Å². The average Bonchev–Trinajstić information content (AvgIpc) is 2.84. The van der Waals surface area contributed by atoms with Crippen molar-refractivity contribution < 1.29 is 13.6 Å². The molecule has 1 aromatic rings. The van der Waals surface area contributed by atoms with Gasteiger partial charge in [0.2, 0.25) is 0 Å². The highest BCUT2D eigenvalue weighted by Gasteiger charge is 2.28. The second kappa shape index (κ2) is 5.56. The molecule has 2 unspecified atom stereocenters. The first kappa shape index (κ1) is 12.5. The van der Waals surface area contributed by atoms with E-state index in [4.69, 9.17) is 0 Å². The Balaban J connectivity index is 2.36. The van der Waals surface area contributed by atoms with Crippen molar-refractivity contribution in [3.8, 4) is 0 Å². The smallest absolute Gasteiger partial charge is 0.186 e. The van der Waals surface area contributed by atoms with Crippen molar-refractivity contribution in [2.45, 2.75) is 36.5 Å². The van der Waals surface area contributed by atoms with Crippen molar-refractivity contribution in [1.29, 1.82) is 0 Å². The van der Waals surface area contributed by atoms with Crippen LogP contribution in [0.25, 0.3) is 0 Å². The second-order valence-corrected chi connectivity index (χ2v) is 5.43. The van der Waals surface area contributed by atoms with E-state index in [0.717, 1.165) is 37.5 Å². The van der Waals surface area contributed by atoms with Crippen molar-refractivity contribution >= 4 is 17.4 Å². The molecule has 1 aliphatic rings. The third kappa shape index (κ3) is 2.64. The lowest BCUT2D eigenvalue weighted by Gasteiger charge is -2.19. The Morgan fingerprint density at radius 3 is 2.53 bits per heavy atom. The van der Waals surface area contributed by atoms with E-state index in [0.29, 0.717) is 10.8 Å². The molecule has 1 aromatic carbocycles. The molecule has 2 rings (SSSR count). The number of aldehydes is 1. The highest BCUT2D eigenvalue weighted by molar-refractivity contribution is 7.79. The highest BCUT2D eigenvalue weighted by atomic mass is 32.2. The van der Waals surface area contributed by atoms with Gasteiger partial charge in [-0.05, 0) is 30.4 Å². The molecule has 0 radical (unpaired) electrons. The molecule has 92 valence electrons. The second-order valence-electron chi connectivity index (χ2n) is 4.49. The van der Waals surface area contributed by atoms with E-state index in [1.165, 1.54) is 0 Å². The molecule has 0 heterocycles. The van der Waals surface area contributed by atoms with Crippen LogP contribution < -0.4 is 0 Å². The summed E-state index contributed by atoms with van der Waals surface area (Å²) in [5.41, 5.74) is 0.718. The van der Waals surface area contributed by atoms with Crippen LogP contribution in [0.2, 0.25) is 0 Å². The third-order valence-corrected chi connectivity index (χ3v) is 4.27. The fourth-order valence-corrected chi connectivity index (χ4v) is 3.27. The van der Waals surface area contributed by atoms with Gasteiger partial charge >= 0.3 is 0 Å². The average molecular weight is 252 g/mol. The molecule has 0 spiro atoms. The molecule has 0 amide bonds. The van der Waals surface area contributed by atoms with Gasteiger partial charge in [0.15, 0.2) is 11.1 Å². The maximum atomic E-state index is 11.3. The minimum absolute atomic E-state index is 0.232. The zero-order valence-electron chi connectivity index (χ0n) is 9.54. The van der Waals surface area contributed by atoms with Crippen LogP contribution in [0, 0.1) is 5.92 Å². The van der Waals surface area contributed by atoms with E-state index in [1.54, 1.807) is 18.2 Å². The predicted octanol–water partition coefficient (Wildman–Crippen LogP) is 2.74. The fraction of sp³-hybridized carbons (Fsp3) is 0.462. The van der Waals surface area contributed by atoms with E-state index in [2.05, 4.69) is 0 Å². The predicted molar refractivity (Wildman–Crippen MR) is 66.2 cm³/mol. The quantitative estimate of drug-likeness (QED) is 0.662. The Morgan fingerprint density at radius 2 is 1.94 bits per heavy atom. The molecule has 2 atom stereocenters. The summed E-state index contributed by atoms with van der Waals surface area (Å²) in [5, 5.41) is 0. The Kier molecular flexibility index (Phi) is 4.07. The SMILES string of the molecule is O=CC(c1ccccc1S(=O)O)C1CCCC1. The van der Waals surface area contributed by atoms with Crippen molar-refractivity contribution in [3.63, 3.8) is 0 Å². The molecular formula is C13H16O3S. The zero-order valence-corrected chi connectivity index (χ0v) is 10.4. The summed E-state index contributed by atoms with van der Waals surface area (Å²) >= 11 is -2.02. The molecule has 0 bridgehead atoms. The van der Waals surface area contributed by atoms with Crippen LogP contribution in [0.1, 0.15) is 37.2 Å².